The fraction of sp³-hybridized carbons (Fsp3) is 0.286. The Labute approximate surface area is 161 Å². The monoisotopic (exact) mass is 381 g/mol. The van der Waals surface area contributed by atoms with Gasteiger partial charge in [0.1, 0.15) is 17.3 Å². The molecule has 0 fully saturated rings. The maximum atomic E-state index is 15.2. The molecule has 0 saturated carbocycles. The summed E-state index contributed by atoms with van der Waals surface area (Å²) in [5, 5.41) is 12.1. The molecule has 3 heterocycles. The normalized spacial score (nSPS) is 12.1. The lowest BCUT2D eigenvalue weighted by Crippen LogP contribution is -2.11. The molecule has 1 aromatic carbocycles. The Morgan fingerprint density at radius 3 is 2.61 bits per heavy atom. The molecule has 0 aliphatic carbocycles. The molecule has 0 amide bonds. The number of hydrogen-bond donors (Lipinski definition) is 1. The Morgan fingerprint density at radius 1 is 1.14 bits per heavy atom. The predicted octanol–water partition coefficient (Wildman–Crippen LogP) is 4.89. The van der Waals surface area contributed by atoms with Crippen LogP contribution in [0.3, 0.4) is 0 Å². The second-order valence-corrected chi connectivity index (χ2v) is 8.22. The minimum Gasteiger partial charge on any atom is -0.276 e. The Bertz CT molecular complexity index is 1170. The molecule has 4 aromatic rings. The van der Waals surface area contributed by atoms with E-state index in [1.807, 2.05) is 34.0 Å². The topological polar surface area (TPSA) is 59.4 Å². The zero-order valence-corrected chi connectivity index (χ0v) is 16.2. The highest BCUT2D eigenvalue weighted by atomic mass is 19.1. The van der Waals surface area contributed by atoms with Crippen molar-refractivity contribution in [2.75, 3.05) is 0 Å². The van der Waals surface area contributed by atoms with Crippen molar-refractivity contribution in [3.63, 3.8) is 0 Å². The number of nitrogens with zero attached hydrogens (tertiary/aromatic N) is 4. The molecular weight excluding hydrogens is 360 g/mol. The molecule has 28 heavy (non-hydrogen) atoms. The number of hydrogen-bond acceptors (Lipinski definition) is 3. The lowest BCUT2D eigenvalue weighted by molar-refractivity contribution is 0.401. The van der Waals surface area contributed by atoms with Crippen molar-refractivity contribution in [2.24, 2.45) is 12.5 Å². The summed E-state index contributed by atoms with van der Waals surface area (Å²) in [4.78, 5) is 4.28. The van der Waals surface area contributed by atoms with Gasteiger partial charge in [-0.1, -0.05) is 26.8 Å². The first-order valence-corrected chi connectivity index (χ1v) is 9.03. The second-order valence-electron chi connectivity index (χ2n) is 8.22. The number of aromatic nitrogens is 5. The van der Waals surface area contributed by atoms with Gasteiger partial charge in [-0.25, -0.2) is 8.78 Å². The van der Waals surface area contributed by atoms with E-state index in [1.165, 1.54) is 12.1 Å². The first-order chi connectivity index (χ1) is 13.2. The average molecular weight is 381 g/mol. The van der Waals surface area contributed by atoms with Crippen molar-refractivity contribution in [1.29, 1.82) is 0 Å². The van der Waals surface area contributed by atoms with Crippen molar-refractivity contribution in [3.8, 4) is 22.5 Å². The van der Waals surface area contributed by atoms with Crippen LogP contribution in [-0.2, 0) is 13.5 Å². The molecule has 4 rings (SSSR count). The van der Waals surface area contributed by atoms with Gasteiger partial charge in [0.05, 0.1) is 29.2 Å². The lowest BCUT2D eigenvalue weighted by Gasteiger charge is -2.19. The highest BCUT2D eigenvalue weighted by Gasteiger charge is 2.21. The minimum atomic E-state index is -0.631. The van der Waals surface area contributed by atoms with Crippen LogP contribution >= 0.6 is 0 Å². The summed E-state index contributed by atoms with van der Waals surface area (Å²) in [6.07, 6.45) is 5.58. The summed E-state index contributed by atoms with van der Waals surface area (Å²) in [5.74, 6) is -1.19. The molecule has 0 bridgehead atoms. The summed E-state index contributed by atoms with van der Waals surface area (Å²) >= 11 is 0. The van der Waals surface area contributed by atoms with E-state index in [2.05, 4.69) is 20.3 Å². The van der Waals surface area contributed by atoms with Gasteiger partial charge in [0.25, 0.3) is 0 Å². The SMILES string of the molecule is Cn1cc(-c2n[nH]c3cnc(-c4c(F)ccc(CC(C)(C)C)c4F)cc23)cn1. The minimum absolute atomic E-state index is 0.109. The predicted molar refractivity (Wildman–Crippen MR) is 105 cm³/mol. The van der Waals surface area contributed by atoms with Gasteiger partial charge in [-0.05, 0) is 29.5 Å². The van der Waals surface area contributed by atoms with E-state index >= 15 is 4.39 Å². The van der Waals surface area contributed by atoms with Crippen LogP contribution in [0.5, 0.6) is 0 Å². The van der Waals surface area contributed by atoms with Crippen LogP contribution in [0.15, 0.2) is 36.8 Å². The number of nitrogens with one attached hydrogen (secondary N) is 1. The van der Waals surface area contributed by atoms with Crippen molar-refractivity contribution in [2.45, 2.75) is 27.2 Å². The van der Waals surface area contributed by atoms with Crippen molar-refractivity contribution < 1.29 is 8.78 Å². The molecule has 0 unspecified atom stereocenters. The molecule has 0 spiro atoms. The number of pyridine rings is 1. The first-order valence-electron chi connectivity index (χ1n) is 9.03. The Balaban J connectivity index is 1.87. The van der Waals surface area contributed by atoms with Crippen molar-refractivity contribution in [3.05, 3.63) is 54.0 Å². The molecular formula is C21H21F2N5. The standard InChI is InChI=1S/C21H21F2N5/c1-21(2,3)8-12-5-6-15(22)18(19(12)23)16-7-14-17(10-24-16)26-27-20(14)13-9-25-28(4)11-13/h5-7,9-11H,8H2,1-4H3,(H,26,27). The third-order valence-electron chi connectivity index (χ3n) is 4.57. The van der Waals surface area contributed by atoms with Gasteiger partial charge in [-0.3, -0.25) is 14.8 Å². The third kappa shape index (κ3) is 3.28. The van der Waals surface area contributed by atoms with Crippen LogP contribution in [0.4, 0.5) is 8.78 Å². The lowest BCUT2D eigenvalue weighted by atomic mass is 9.87. The van der Waals surface area contributed by atoms with Gasteiger partial charge >= 0.3 is 0 Å². The van der Waals surface area contributed by atoms with Crippen LogP contribution in [-0.4, -0.2) is 25.0 Å². The van der Waals surface area contributed by atoms with Gasteiger partial charge in [0.2, 0.25) is 0 Å². The molecule has 144 valence electrons. The van der Waals surface area contributed by atoms with E-state index in [9.17, 15) is 4.39 Å². The maximum Gasteiger partial charge on any atom is 0.138 e. The van der Waals surface area contributed by atoms with E-state index < -0.39 is 11.6 Å². The highest BCUT2D eigenvalue weighted by Crippen LogP contribution is 2.33. The van der Waals surface area contributed by atoms with Crippen molar-refractivity contribution in [1.82, 2.24) is 25.0 Å². The summed E-state index contributed by atoms with van der Waals surface area (Å²) in [5.41, 5.74) is 2.66. The van der Waals surface area contributed by atoms with Crippen LogP contribution in [0.2, 0.25) is 0 Å². The first kappa shape index (κ1) is 18.3. The molecule has 3 aromatic heterocycles. The van der Waals surface area contributed by atoms with E-state index in [0.717, 1.165) is 10.9 Å². The number of halogens is 2. The number of fused-ring (bicyclic) bond motifs is 1. The Kier molecular flexibility index (Phi) is 4.25. The zero-order valence-electron chi connectivity index (χ0n) is 16.2. The fourth-order valence-electron chi connectivity index (χ4n) is 3.36. The third-order valence-corrected chi connectivity index (χ3v) is 4.57. The van der Waals surface area contributed by atoms with Gasteiger partial charge in [-0.15, -0.1) is 0 Å². The van der Waals surface area contributed by atoms with Gasteiger partial charge < -0.3 is 0 Å². The van der Waals surface area contributed by atoms with E-state index in [0.29, 0.717) is 23.2 Å². The number of benzene rings is 1. The summed E-state index contributed by atoms with van der Waals surface area (Å²) in [6, 6.07) is 4.49. The largest absolute Gasteiger partial charge is 0.276 e. The van der Waals surface area contributed by atoms with Crippen LogP contribution in [0.25, 0.3) is 33.4 Å². The summed E-state index contributed by atoms with van der Waals surface area (Å²) in [7, 11) is 1.82. The highest BCUT2D eigenvalue weighted by molar-refractivity contribution is 5.94. The number of H-pyrrole nitrogens is 1. The maximum absolute atomic E-state index is 15.2. The van der Waals surface area contributed by atoms with Crippen LogP contribution in [0.1, 0.15) is 26.3 Å². The zero-order chi connectivity index (χ0) is 20.1. The smallest absolute Gasteiger partial charge is 0.138 e. The molecule has 1 N–H and O–H groups in total. The quantitative estimate of drug-likeness (QED) is 0.549. The molecule has 0 radical (unpaired) electrons. The Hall–Kier alpha value is -3.09. The number of aryl methyl sites for hydroxylation is 1. The van der Waals surface area contributed by atoms with E-state index in [1.54, 1.807) is 23.1 Å². The molecule has 0 aliphatic heterocycles. The molecule has 0 aliphatic rings. The second kappa shape index (κ2) is 6.51. The average Bonchev–Trinajstić information content (AvgIpc) is 3.22. The van der Waals surface area contributed by atoms with Crippen LogP contribution < -0.4 is 0 Å². The van der Waals surface area contributed by atoms with Crippen molar-refractivity contribution >= 4 is 10.9 Å². The van der Waals surface area contributed by atoms with E-state index in [-0.39, 0.29) is 16.7 Å². The van der Waals surface area contributed by atoms with E-state index in [4.69, 9.17) is 0 Å². The van der Waals surface area contributed by atoms with Gasteiger partial charge in [0, 0.05) is 24.2 Å². The fourth-order valence-corrected chi connectivity index (χ4v) is 3.36. The van der Waals surface area contributed by atoms with Gasteiger partial charge in [0.15, 0.2) is 0 Å². The molecule has 0 saturated heterocycles. The van der Waals surface area contributed by atoms with Gasteiger partial charge in [-0.2, -0.15) is 10.2 Å². The Morgan fingerprint density at radius 2 is 1.93 bits per heavy atom. The number of rotatable bonds is 3. The molecule has 5 nitrogen and oxygen atoms in total. The molecule has 7 heteroatoms. The summed E-state index contributed by atoms with van der Waals surface area (Å²) < 4.78 is 31.4. The van der Waals surface area contributed by atoms with Crippen LogP contribution in [0, 0.1) is 17.0 Å². The summed E-state index contributed by atoms with van der Waals surface area (Å²) in [6.45, 7) is 6.06. The number of aromatic amines is 1. The molecule has 0 atom stereocenters.